The smallest absolute Gasteiger partial charge is 0.304 e. The SMILES string of the molecule is CS(=O)(=O)c1cc([N+](=O)[O-])c(NC2CCN(c3ccccc3F)C2=O)s1. The summed E-state index contributed by atoms with van der Waals surface area (Å²) in [6.45, 7) is 0.246. The zero-order chi connectivity index (χ0) is 19.1. The molecule has 11 heteroatoms. The monoisotopic (exact) mass is 399 g/mol. The van der Waals surface area contributed by atoms with Crippen molar-refractivity contribution in [3.05, 3.63) is 46.3 Å². The molecule has 1 aliphatic heterocycles. The van der Waals surface area contributed by atoms with Crippen LogP contribution in [0.3, 0.4) is 0 Å². The van der Waals surface area contributed by atoms with Crippen LogP contribution >= 0.6 is 11.3 Å². The van der Waals surface area contributed by atoms with Gasteiger partial charge in [0.15, 0.2) is 14.8 Å². The van der Waals surface area contributed by atoms with Crippen LogP contribution in [-0.4, -0.2) is 38.1 Å². The third-order valence-corrected chi connectivity index (χ3v) is 6.76. The average molecular weight is 399 g/mol. The van der Waals surface area contributed by atoms with E-state index >= 15 is 0 Å². The highest BCUT2D eigenvalue weighted by Gasteiger charge is 2.36. The number of hydrogen-bond donors (Lipinski definition) is 1. The number of rotatable bonds is 5. The van der Waals surface area contributed by atoms with Crippen LogP contribution in [0, 0.1) is 15.9 Å². The second-order valence-electron chi connectivity index (χ2n) is 5.74. The average Bonchev–Trinajstić information content (AvgIpc) is 3.13. The number of benzene rings is 1. The van der Waals surface area contributed by atoms with Crippen molar-refractivity contribution in [2.24, 2.45) is 0 Å². The van der Waals surface area contributed by atoms with Crippen molar-refractivity contribution < 1.29 is 22.5 Å². The summed E-state index contributed by atoms with van der Waals surface area (Å²) in [5.41, 5.74) is -0.271. The Morgan fingerprint density at radius 2 is 2.08 bits per heavy atom. The van der Waals surface area contributed by atoms with Crippen LogP contribution in [0.15, 0.2) is 34.5 Å². The third-order valence-electron chi connectivity index (χ3n) is 3.91. The molecule has 1 aromatic heterocycles. The Hall–Kier alpha value is -2.53. The number of amides is 1. The molecule has 3 rings (SSSR count). The van der Waals surface area contributed by atoms with E-state index in [0.29, 0.717) is 17.8 Å². The summed E-state index contributed by atoms with van der Waals surface area (Å²) >= 11 is 0.698. The molecule has 0 spiro atoms. The fourth-order valence-corrected chi connectivity index (χ4v) is 4.66. The summed E-state index contributed by atoms with van der Waals surface area (Å²) in [4.78, 5) is 24.3. The van der Waals surface area contributed by atoms with Gasteiger partial charge in [-0.1, -0.05) is 23.5 Å². The first kappa shape index (κ1) is 18.3. The highest BCUT2D eigenvalue weighted by atomic mass is 32.2. The van der Waals surface area contributed by atoms with Gasteiger partial charge < -0.3 is 10.2 Å². The van der Waals surface area contributed by atoms with Gasteiger partial charge in [-0.3, -0.25) is 14.9 Å². The standard InChI is InChI=1S/C15H14FN3O5S2/c1-26(23,24)13-8-12(19(21)22)14(25-13)17-10-6-7-18(15(10)20)11-5-3-2-4-9(11)16/h2-5,8,10,17H,6-7H2,1H3. The Kier molecular flexibility index (Phi) is 4.67. The number of nitrogens with one attached hydrogen (secondary N) is 1. The van der Waals surface area contributed by atoms with E-state index < -0.39 is 38.2 Å². The molecule has 0 aliphatic carbocycles. The Labute approximate surface area is 152 Å². The molecule has 2 heterocycles. The molecule has 1 N–H and O–H groups in total. The minimum atomic E-state index is -3.62. The minimum absolute atomic E-state index is 0.0100. The fourth-order valence-electron chi connectivity index (χ4n) is 2.66. The number of para-hydroxylation sites is 1. The zero-order valence-electron chi connectivity index (χ0n) is 13.5. The van der Waals surface area contributed by atoms with Crippen molar-refractivity contribution in [3.63, 3.8) is 0 Å². The van der Waals surface area contributed by atoms with Crippen molar-refractivity contribution in [1.82, 2.24) is 0 Å². The predicted molar refractivity (Wildman–Crippen MR) is 94.9 cm³/mol. The number of hydrogen-bond acceptors (Lipinski definition) is 7. The van der Waals surface area contributed by atoms with E-state index in [1.54, 1.807) is 6.07 Å². The van der Waals surface area contributed by atoms with Gasteiger partial charge in [0.2, 0.25) is 5.91 Å². The first-order valence-corrected chi connectivity index (χ1v) is 10.2. The van der Waals surface area contributed by atoms with Crippen LogP contribution < -0.4 is 10.2 Å². The highest BCUT2D eigenvalue weighted by molar-refractivity contribution is 7.92. The first-order valence-electron chi connectivity index (χ1n) is 7.49. The number of nitrogens with zero attached hydrogens (tertiary/aromatic N) is 2. The number of sulfone groups is 1. The van der Waals surface area contributed by atoms with Gasteiger partial charge in [-0.15, -0.1) is 0 Å². The van der Waals surface area contributed by atoms with E-state index in [0.717, 1.165) is 12.3 Å². The zero-order valence-corrected chi connectivity index (χ0v) is 15.1. The van der Waals surface area contributed by atoms with Crippen LogP contribution in [-0.2, 0) is 14.6 Å². The molecule has 1 aliphatic rings. The normalized spacial score (nSPS) is 17.5. The van der Waals surface area contributed by atoms with E-state index in [1.165, 1.54) is 23.1 Å². The number of anilines is 2. The molecule has 1 amide bonds. The topological polar surface area (TPSA) is 110 Å². The van der Waals surface area contributed by atoms with Gasteiger partial charge in [0.25, 0.3) is 0 Å². The molecule has 0 saturated carbocycles. The van der Waals surface area contributed by atoms with E-state index in [2.05, 4.69) is 5.32 Å². The van der Waals surface area contributed by atoms with E-state index in [9.17, 15) is 27.7 Å². The lowest BCUT2D eigenvalue weighted by molar-refractivity contribution is -0.383. The lowest BCUT2D eigenvalue weighted by atomic mass is 10.2. The maximum Gasteiger partial charge on any atom is 0.304 e. The van der Waals surface area contributed by atoms with Crippen LogP contribution in [0.5, 0.6) is 0 Å². The molecular formula is C15H14FN3O5S2. The van der Waals surface area contributed by atoms with E-state index in [4.69, 9.17) is 0 Å². The second kappa shape index (κ2) is 6.65. The Morgan fingerprint density at radius 1 is 1.38 bits per heavy atom. The minimum Gasteiger partial charge on any atom is -0.360 e. The van der Waals surface area contributed by atoms with Gasteiger partial charge in [0, 0.05) is 18.9 Å². The molecule has 1 atom stereocenters. The Balaban J connectivity index is 1.87. The van der Waals surface area contributed by atoms with Gasteiger partial charge in [0.05, 0.1) is 10.6 Å². The maximum atomic E-state index is 13.9. The quantitative estimate of drug-likeness (QED) is 0.611. The van der Waals surface area contributed by atoms with Crippen molar-refractivity contribution in [1.29, 1.82) is 0 Å². The predicted octanol–water partition coefficient (Wildman–Crippen LogP) is 2.42. The summed E-state index contributed by atoms with van der Waals surface area (Å²) in [6.07, 6.45) is 1.25. The van der Waals surface area contributed by atoms with Crippen molar-refractivity contribution in [2.75, 3.05) is 23.0 Å². The number of carbonyl (C=O) groups is 1. The van der Waals surface area contributed by atoms with Crippen molar-refractivity contribution in [2.45, 2.75) is 16.7 Å². The molecule has 2 aromatic rings. The Bertz CT molecular complexity index is 989. The van der Waals surface area contributed by atoms with Crippen LogP contribution in [0.1, 0.15) is 6.42 Å². The highest BCUT2D eigenvalue weighted by Crippen LogP contribution is 2.38. The number of halogens is 1. The molecule has 26 heavy (non-hydrogen) atoms. The molecule has 1 aromatic carbocycles. The fraction of sp³-hybridized carbons (Fsp3) is 0.267. The van der Waals surface area contributed by atoms with Gasteiger partial charge in [-0.2, -0.15) is 0 Å². The summed E-state index contributed by atoms with van der Waals surface area (Å²) in [5, 5.41) is 13.9. The van der Waals surface area contributed by atoms with E-state index in [-0.39, 0.29) is 21.4 Å². The van der Waals surface area contributed by atoms with Crippen molar-refractivity contribution >= 4 is 43.5 Å². The number of carbonyl (C=O) groups excluding carboxylic acids is 1. The molecule has 0 radical (unpaired) electrons. The molecule has 0 bridgehead atoms. The van der Waals surface area contributed by atoms with Gasteiger partial charge in [-0.05, 0) is 18.6 Å². The van der Waals surface area contributed by atoms with Crippen LogP contribution in [0.25, 0.3) is 0 Å². The third kappa shape index (κ3) is 3.40. The summed E-state index contributed by atoms with van der Waals surface area (Å²) in [7, 11) is -3.62. The van der Waals surface area contributed by atoms with Gasteiger partial charge in [0.1, 0.15) is 16.1 Å². The largest absolute Gasteiger partial charge is 0.360 e. The molecule has 1 saturated heterocycles. The van der Waals surface area contributed by atoms with Crippen LogP contribution in [0.2, 0.25) is 0 Å². The molecule has 8 nitrogen and oxygen atoms in total. The number of thiophene rings is 1. The van der Waals surface area contributed by atoms with Crippen LogP contribution in [0.4, 0.5) is 20.8 Å². The lowest BCUT2D eigenvalue weighted by Crippen LogP contribution is -2.33. The number of nitro groups is 1. The summed E-state index contributed by atoms with van der Waals surface area (Å²) < 4.78 is 37.0. The second-order valence-corrected chi connectivity index (χ2v) is 9.03. The molecule has 138 valence electrons. The molecular weight excluding hydrogens is 385 g/mol. The van der Waals surface area contributed by atoms with Gasteiger partial charge in [-0.25, -0.2) is 12.8 Å². The first-order chi connectivity index (χ1) is 12.2. The Morgan fingerprint density at radius 3 is 2.69 bits per heavy atom. The lowest BCUT2D eigenvalue weighted by Gasteiger charge is -2.17. The molecule has 1 unspecified atom stereocenters. The summed E-state index contributed by atoms with van der Waals surface area (Å²) in [5.74, 6) is -0.971. The van der Waals surface area contributed by atoms with Gasteiger partial charge >= 0.3 is 5.69 Å². The summed E-state index contributed by atoms with van der Waals surface area (Å²) in [6, 6.07) is 6.00. The van der Waals surface area contributed by atoms with E-state index in [1.807, 2.05) is 0 Å². The van der Waals surface area contributed by atoms with Crippen molar-refractivity contribution in [3.8, 4) is 0 Å². The molecule has 1 fully saturated rings. The maximum absolute atomic E-state index is 13.9.